The van der Waals surface area contributed by atoms with Crippen molar-refractivity contribution in [3.63, 3.8) is 0 Å². The van der Waals surface area contributed by atoms with Crippen LogP contribution in [0, 0.1) is 0 Å². The zero-order valence-electron chi connectivity index (χ0n) is 3.63. The van der Waals surface area contributed by atoms with Crippen LogP contribution in [0.1, 0.15) is 0 Å². The Morgan fingerprint density at radius 1 is 1.71 bits per heavy atom. The van der Waals surface area contributed by atoms with Gasteiger partial charge in [-0.3, -0.25) is 0 Å². The predicted octanol–water partition coefficient (Wildman–Crippen LogP) is 0.983. The summed E-state index contributed by atoms with van der Waals surface area (Å²) in [5.74, 6) is 0.548. The molecule has 0 saturated carbocycles. The molecule has 4 heteroatoms. The zero-order valence-corrected chi connectivity index (χ0v) is 5.41. The zero-order chi connectivity index (χ0) is 5.70. The van der Waals surface area contributed by atoms with Crippen molar-refractivity contribution in [3.8, 4) is 0 Å². The number of carbonyl (C=O) groups is 1. The Balaban J connectivity index is 2.82. The van der Waals surface area contributed by atoms with Crippen LogP contribution in [0.2, 0.25) is 0 Å². The van der Waals surface area contributed by atoms with Gasteiger partial charge in [-0.2, -0.15) is 12.6 Å². The molecule has 0 bridgehead atoms. The average molecular weight is 138 g/mol. The maximum atomic E-state index is 9.81. The highest BCUT2D eigenvalue weighted by atomic mass is 32.1. The van der Waals surface area contributed by atoms with Crippen LogP contribution in [0.5, 0.6) is 0 Å². The first-order valence-electron chi connectivity index (χ1n) is 1.74. The quantitative estimate of drug-likeness (QED) is 0.439. The van der Waals surface area contributed by atoms with E-state index < -0.39 is 5.30 Å². The number of carbonyl (C=O) groups excluding carboxylic acids is 1. The Morgan fingerprint density at radius 3 is 2.43 bits per heavy atom. The van der Waals surface area contributed by atoms with Crippen molar-refractivity contribution >= 4 is 30.6 Å². The van der Waals surface area contributed by atoms with Crippen molar-refractivity contribution in [2.45, 2.75) is 0 Å². The summed E-state index contributed by atoms with van der Waals surface area (Å²) in [5.41, 5.74) is 0. The van der Waals surface area contributed by atoms with Gasteiger partial charge in [0.1, 0.15) is 6.61 Å². The summed E-state index contributed by atoms with van der Waals surface area (Å²) in [6, 6.07) is 0. The molecule has 0 aliphatic carbocycles. The average Bonchev–Trinajstić information content (AvgIpc) is 1.61. The third kappa shape index (κ3) is 6.17. The van der Waals surface area contributed by atoms with E-state index in [0.717, 1.165) is 0 Å². The summed E-state index contributed by atoms with van der Waals surface area (Å²) in [6.07, 6.45) is 0. The normalized spacial score (nSPS) is 8.29. The summed E-state index contributed by atoms with van der Waals surface area (Å²) < 4.78 is 4.34. The molecule has 0 fully saturated rings. The number of ether oxygens (including phenoxy) is 1. The van der Waals surface area contributed by atoms with E-state index >= 15 is 0 Å². The van der Waals surface area contributed by atoms with Gasteiger partial charge in [-0.05, 0) is 0 Å². The highest BCUT2D eigenvalue weighted by Gasteiger charge is 1.87. The number of hydrogen-bond acceptors (Lipinski definition) is 3. The third-order valence-corrected chi connectivity index (χ3v) is 0.628. The summed E-state index contributed by atoms with van der Waals surface area (Å²) in [5, 5.41) is -0.547. The van der Waals surface area contributed by atoms with Gasteiger partial charge in [0.05, 0.1) is 0 Å². The molecule has 0 aromatic rings. The van der Waals surface area contributed by atoms with Crippen molar-refractivity contribution in [1.82, 2.24) is 0 Å². The van der Waals surface area contributed by atoms with Gasteiger partial charge in [0, 0.05) is 5.75 Å². The van der Waals surface area contributed by atoms with E-state index in [1.54, 1.807) is 0 Å². The van der Waals surface area contributed by atoms with E-state index in [1.807, 2.05) is 0 Å². The molecule has 0 saturated heterocycles. The summed E-state index contributed by atoms with van der Waals surface area (Å²) in [6.45, 7) is 0.339. The van der Waals surface area contributed by atoms with E-state index in [2.05, 4.69) is 30.0 Å². The molecule has 0 heterocycles. The third-order valence-electron chi connectivity index (χ3n) is 0.317. The van der Waals surface area contributed by atoms with E-state index in [1.165, 1.54) is 0 Å². The monoisotopic (exact) mass is 138 g/mol. The van der Waals surface area contributed by atoms with Gasteiger partial charge < -0.3 is 4.74 Å². The van der Waals surface area contributed by atoms with Gasteiger partial charge in [-0.25, -0.2) is 4.79 Å². The van der Waals surface area contributed by atoms with Gasteiger partial charge >= 0.3 is 5.30 Å². The second-order valence-corrected chi connectivity index (χ2v) is 1.65. The van der Waals surface area contributed by atoms with Crippen LogP contribution in [0.4, 0.5) is 4.79 Å². The summed E-state index contributed by atoms with van der Waals surface area (Å²) >= 11 is 7.12. The molecule has 0 radical (unpaired) electrons. The van der Waals surface area contributed by atoms with Crippen molar-refractivity contribution < 1.29 is 9.53 Å². The van der Waals surface area contributed by atoms with Crippen molar-refractivity contribution in [2.75, 3.05) is 12.4 Å². The van der Waals surface area contributed by atoms with Crippen molar-refractivity contribution in [1.29, 1.82) is 0 Å². The largest absolute Gasteiger partial charge is 0.457 e. The maximum absolute atomic E-state index is 9.81. The van der Waals surface area contributed by atoms with Crippen LogP contribution in [-0.2, 0) is 4.74 Å². The smallest absolute Gasteiger partial charge is 0.364 e. The first-order chi connectivity index (χ1) is 3.27. The lowest BCUT2D eigenvalue weighted by atomic mass is 10.9. The van der Waals surface area contributed by atoms with Gasteiger partial charge in [0.15, 0.2) is 0 Å². The lowest BCUT2D eigenvalue weighted by molar-refractivity contribution is 0.183. The minimum atomic E-state index is -0.547. The van der Waals surface area contributed by atoms with E-state index in [-0.39, 0.29) is 0 Å². The topological polar surface area (TPSA) is 26.3 Å². The van der Waals surface area contributed by atoms with E-state index in [4.69, 9.17) is 0 Å². The molecule has 0 aromatic heterocycles. The summed E-state index contributed by atoms with van der Waals surface area (Å²) in [7, 11) is 0. The fourth-order valence-electron chi connectivity index (χ4n) is 0.133. The Kier molecular flexibility index (Phi) is 4.44. The van der Waals surface area contributed by atoms with Crippen LogP contribution in [-0.4, -0.2) is 17.7 Å². The Labute approximate surface area is 53.1 Å². The standard InChI is InChI=1S/C3H6O2S2/c4-3(7)5-1-2-6/h6H,1-2H2,(H,4,7). The molecule has 42 valence electrons. The Hall–Kier alpha value is 0.170. The van der Waals surface area contributed by atoms with Gasteiger partial charge in [0.25, 0.3) is 0 Å². The second-order valence-electron chi connectivity index (χ2n) is 0.838. The minimum absolute atomic E-state index is 0.339. The highest BCUT2D eigenvalue weighted by Crippen LogP contribution is 1.85. The minimum Gasteiger partial charge on any atom is -0.457 e. The maximum Gasteiger partial charge on any atom is 0.364 e. The molecular formula is C3H6O2S2. The first kappa shape index (κ1) is 7.17. The van der Waals surface area contributed by atoms with Gasteiger partial charge in [-0.15, -0.1) is 0 Å². The first-order valence-corrected chi connectivity index (χ1v) is 2.82. The van der Waals surface area contributed by atoms with Crippen LogP contribution in [0.3, 0.4) is 0 Å². The molecule has 0 spiro atoms. The molecule has 2 nitrogen and oxygen atoms in total. The fourth-order valence-corrected chi connectivity index (χ4v) is 0.316. The van der Waals surface area contributed by atoms with Gasteiger partial charge in [0.2, 0.25) is 0 Å². The molecule has 0 aliphatic rings. The highest BCUT2D eigenvalue weighted by molar-refractivity contribution is 7.96. The second kappa shape index (κ2) is 4.33. The number of hydrogen-bond donors (Lipinski definition) is 2. The van der Waals surface area contributed by atoms with Crippen LogP contribution in [0.15, 0.2) is 0 Å². The van der Waals surface area contributed by atoms with Crippen LogP contribution >= 0.6 is 25.3 Å². The Morgan fingerprint density at radius 2 is 2.29 bits per heavy atom. The number of rotatable bonds is 2. The van der Waals surface area contributed by atoms with Crippen molar-refractivity contribution in [3.05, 3.63) is 0 Å². The van der Waals surface area contributed by atoms with E-state index in [0.29, 0.717) is 12.4 Å². The molecule has 0 unspecified atom stereocenters. The SMILES string of the molecule is O=C(S)OCCS. The molecule has 0 amide bonds. The number of thiol groups is 2. The molecule has 0 atom stereocenters. The predicted molar refractivity (Wildman–Crippen MR) is 34.2 cm³/mol. The van der Waals surface area contributed by atoms with Crippen LogP contribution < -0.4 is 0 Å². The Bertz CT molecular complexity index is 64.0. The fraction of sp³-hybridized carbons (Fsp3) is 0.667. The lowest BCUT2D eigenvalue weighted by Gasteiger charge is -1.92. The van der Waals surface area contributed by atoms with Gasteiger partial charge in [-0.1, -0.05) is 12.6 Å². The van der Waals surface area contributed by atoms with Crippen LogP contribution in [0.25, 0.3) is 0 Å². The summed E-state index contributed by atoms with van der Waals surface area (Å²) in [4.78, 5) is 9.81. The van der Waals surface area contributed by atoms with E-state index in [9.17, 15) is 4.79 Å². The molecular weight excluding hydrogens is 132 g/mol. The molecule has 0 rings (SSSR count). The molecule has 0 N–H and O–H groups in total. The molecule has 7 heavy (non-hydrogen) atoms. The lowest BCUT2D eigenvalue weighted by Crippen LogP contribution is -1.96. The van der Waals surface area contributed by atoms with Crippen molar-refractivity contribution in [2.24, 2.45) is 0 Å². The molecule has 0 aliphatic heterocycles. The molecule has 0 aromatic carbocycles.